The number of hydrogen-bond acceptors (Lipinski definition) is 7. The molecule has 9 nitrogen and oxygen atoms in total. The van der Waals surface area contributed by atoms with E-state index in [0.717, 1.165) is 0 Å². The third-order valence-electron chi connectivity index (χ3n) is 6.01. The number of carbonyl (C=O) groups is 2. The minimum absolute atomic E-state index is 0.0393. The topological polar surface area (TPSA) is 108 Å². The van der Waals surface area contributed by atoms with Gasteiger partial charge in [-0.1, -0.05) is 17.9 Å². The molecule has 1 aliphatic rings. The van der Waals surface area contributed by atoms with E-state index >= 15 is 0 Å². The van der Waals surface area contributed by atoms with Crippen molar-refractivity contribution in [1.29, 1.82) is 0 Å². The molecule has 0 aliphatic heterocycles. The van der Waals surface area contributed by atoms with Gasteiger partial charge in [0.25, 0.3) is 0 Å². The van der Waals surface area contributed by atoms with Crippen LogP contribution in [0.3, 0.4) is 0 Å². The van der Waals surface area contributed by atoms with Gasteiger partial charge in [-0.2, -0.15) is 4.98 Å². The van der Waals surface area contributed by atoms with Crippen LogP contribution in [0.4, 0.5) is 31.0 Å². The van der Waals surface area contributed by atoms with Crippen molar-refractivity contribution in [2.75, 3.05) is 30.9 Å². The van der Waals surface area contributed by atoms with Crippen LogP contribution in [0.25, 0.3) is 0 Å². The van der Waals surface area contributed by atoms with Crippen LogP contribution in [0, 0.1) is 23.6 Å². The van der Waals surface area contributed by atoms with Gasteiger partial charge >= 0.3 is 6.09 Å². The number of ether oxygens (including phenoxy) is 1. The number of anilines is 3. The fourth-order valence-corrected chi connectivity index (χ4v) is 3.66. The Hall–Kier alpha value is -3.94. The van der Waals surface area contributed by atoms with Crippen molar-refractivity contribution in [2.24, 2.45) is 5.92 Å². The number of nitrogens with zero attached hydrogens (tertiary/aromatic N) is 3. The zero-order valence-electron chi connectivity index (χ0n) is 23.0. The number of rotatable bonds is 9. The van der Waals surface area contributed by atoms with E-state index in [1.54, 1.807) is 46.0 Å². The standard InChI is InChI=1S/C28H36F2N6O3/c1-18(36(5)27(38)39-28(2,3)4)25(37)33-23-14-19(15-23)10-11-20-17-32-26(35-24(20)31-13-7-12-29)34-22-9-6-8-21(30)16-22/h6,8-9,16-19,23H,7,12-15H2,1-5H3,(H,33,37)(H2,31,32,34,35)/t18-,19?,23?/m0/s1. The molecule has 3 N–H and O–H groups in total. The van der Waals surface area contributed by atoms with Crippen LogP contribution in [-0.4, -0.2) is 64.8 Å². The summed E-state index contributed by atoms with van der Waals surface area (Å²) in [6.07, 6.45) is 2.66. The molecule has 2 amide bonds. The van der Waals surface area contributed by atoms with Gasteiger partial charge in [0.1, 0.15) is 23.3 Å². The lowest BCUT2D eigenvalue weighted by Crippen LogP contribution is -2.52. The first-order valence-electron chi connectivity index (χ1n) is 12.9. The molecule has 0 unspecified atom stereocenters. The molecule has 0 radical (unpaired) electrons. The second-order valence-electron chi connectivity index (χ2n) is 10.5. The van der Waals surface area contributed by atoms with Crippen molar-refractivity contribution in [2.45, 2.75) is 64.6 Å². The Balaban J connectivity index is 1.57. The van der Waals surface area contributed by atoms with Gasteiger partial charge in [0.2, 0.25) is 11.9 Å². The molecule has 2 aromatic rings. The molecular weight excluding hydrogens is 506 g/mol. The summed E-state index contributed by atoms with van der Waals surface area (Å²) in [5.41, 5.74) is 0.407. The monoisotopic (exact) mass is 542 g/mol. The van der Waals surface area contributed by atoms with Gasteiger partial charge in [0, 0.05) is 31.2 Å². The number of carbonyl (C=O) groups excluding carboxylic acids is 2. The van der Waals surface area contributed by atoms with Crippen LogP contribution in [0.2, 0.25) is 0 Å². The van der Waals surface area contributed by atoms with Crippen molar-refractivity contribution < 1.29 is 23.1 Å². The first-order valence-corrected chi connectivity index (χ1v) is 12.9. The highest BCUT2D eigenvalue weighted by Crippen LogP contribution is 2.27. The Morgan fingerprint density at radius 3 is 2.69 bits per heavy atom. The Kier molecular flexibility index (Phi) is 10.0. The summed E-state index contributed by atoms with van der Waals surface area (Å²) in [6, 6.07) is 5.22. The fraction of sp³-hybridized carbons (Fsp3) is 0.500. The van der Waals surface area contributed by atoms with Gasteiger partial charge in [-0.25, -0.2) is 14.2 Å². The Morgan fingerprint density at radius 2 is 2.03 bits per heavy atom. The Labute approximate surface area is 228 Å². The first kappa shape index (κ1) is 29.6. The number of alkyl halides is 1. The van der Waals surface area contributed by atoms with Crippen LogP contribution in [0.15, 0.2) is 30.5 Å². The lowest BCUT2D eigenvalue weighted by molar-refractivity contribution is -0.126. The summed E-state index contributed by atoms with van der Waals surface area (Å²) in [4.78, 5) is 34.9. The molecule has 0 saturated heterocycles. The van der Waals surface area contributed by atoms with E-state index in [2.05, 4.69) is 37.8 Å². The molecule has 210 valence electrons. The summed E-state index contributed by atoms with van der Waals surface area (Å²) >= 11 is 0. The molecule has 1 heterocycles. The van der Waals surface area contributed by atoms with E-state index in [4.69, 9.17) is 4.74 Å². The SMILES string of the molecule is C[C@@H](C(=O)NC1CC(C#Cc2cnc(Nc3cccc(F)c3)nc2NCCCF)C1)N(C)C(=O)OC(C)(C)C. The molecule has 11 heteroatoms. The number of nitrogens with one attached hydrogen (secondary N) is 3. The summed E-state index contributed by atoms with van der Waals surface area (Å²) in [5, 5.41) is 9.00. The zero-order chi connectivity index (χ0) is 28.6. The maximum absolute atomic E-state index is 13.5. The zero-order valence-corrected chi connectivity index (χ0v) is 23.0. The Morgan fingerprint density at radius 1 is 1.28 bits per heavy atom. The number of aromatic nitrogens is 2. The third kappa shape index (κ3) is 9.09. The molecule has 1 aliphatic carbocycles. The van der Waals surface area contributed by atoms with Gasteiger partial charge < -0.3 is 20.7 Å². The van der Waals surface area contributed by atoms with Crippen LogP contribution in [-0.2, 0) is 9.53 Å². The molecule has 1 fully saturated rings. The number of hydrogen-bond donors (Lipinski definition) is 3. The number of amides is 2. The molecule has 0 bridgehead atoms. The lowest BCUT2D eigenvalue weighted by Gasteiger charge is -2.34. The normalized spacial score (nSPS) is 17.1. The van der Waals surface area contributed by atoms with Gasteiger partial charge in [0.15, 0.2) is 0 Å². The fourth-order valence-electron chi connectivity index (χ4n) is 3.66. The van der Waals surface area contributed by atoms with Crippen molar-refractivity contribution in [1.82, 2.24) is 20.2 Å². The first-order chi connectivity index (χ1) is 18.4. The predicted octanol–water partition coefficient (Wildman–Crippen LogP) is 4.63. The van der Waals surface area contributed by atoms with Gasteiger partial charge in [-0.05, 0) is 65.2 Å². The van der Waals surface area contributed by atoms with Gasteiger partial charge in [-0.3, -0.25) is 14.1 Å². The highest BCUT2D eigenvalue weighted by Gasteiger charge is 2.33. The average Bonchev–Trinajstić information content (AvgIpc) is 2.84. The smallest absolute Gasteiger partial charge is 0.410 e. The highest BCUT2D eigenvalue weighted by molar-refractivity contribution is 5.85. The third-order valence-corrected chi connectivity index (χ3v) is 6.01. The molecule has 0 spiro atoms. The van der Waals surface area contributed by atoms with Crippen LogP contribution >= 0.6 is 0 Å². The number of likely N-dealkylation sites (N-methyl/N-ethyl adjacent to an activating group) is 1. The minimum Gasteiger partial charge on any atom is -0.444 e. The van der Waals surface area contributed by atoms with E-state index in [-0.39, 0.29) is 29.6 Å². The second kappa shape index (κ2) is 13.2. The lowest BCUT2D eigenvalue weighted by atomic mass is 9.80. The minimum atomic E-state index is -0.681. The van der Waals surface area contributed by atoms with E-state index in [1.807, 2.05) is 0 Å². The predicted molar refractivity (Wildman–Crippen MR) is 146 cm³/mol. The van der Waals surface area contributed by atoms with E-state index < -0.39 is 24.4 Å². The summed E-state index contributed by atoms with van der Waals surface area (Å²) in [6.45, 7) is 6.87. The summed E-state index contributed by atoms with van der Waals surface area (Å²) in [7, 11) is 1.54. The maximum atomic E-state index is 13.5. The molecule has 1 saturated carbocycles. The van der Waals surface area contributed by atoms with Crippen molar-refractivity contribution >= 4 is 29.5 Å². The molecular formula is C28H36F2N6O3. The van der Waals surface area contributed by atoms with Crippen molar-refractivity contribution in [3.63, 3.8) is 0 Å². The molecule has 1 atom stereocenters. The van der Waals surface area contributed by atoms with Crippen LogP contribution in [0.1, 0.15) is 52.5 Å². The average molecular weight is 543 g/mol. The van der Waals surface area contributed by atoms with Crippen molar-refractivity contribution in [3.05, 3.63) is 41.8 Å². The maximum Gasteiger partial charge on any atom is 0.410 e. The number of halogens is 2. The largest absolute Gasteiger partial charge is 0.444 e. The second-order valence-corrected chi connectivity index (χ2v) is 10.5. The molecule has 1 aromatic heterocycles. The van der Waals surface area contributed by atoms with E-state index in [1.165, 1.54) is 24.1 Å². The van der Waals surface area contributed by atoms with Crippen LogP contribution in [0.5, 0.6) is 0 Å². The van der Waals surface area contributed by atoms with Crippen LogP contribution < -0.4 is 16.0 Å². The number of benzene rings is 1. The molecule has 1 aromatic carbocycles. The highest BCUT2D eigenvalue weighted by atomic mass is 19.1. The molecule has 3 rings (SSSR count). The van der Waals surface area contributed by atoms with Crippen molar-refractivity contribution in [3.8, 4) is 11.8 Å². The summed E-state index contributed by atoms with van der Waals surface area (Å²) < 4.78 is 31.5. The van der Waals surface area contributed by atoms with Gasteiger partial charge in [0.05, 0.1) is 18.4 Å². The summed E-state index contributed by atoms with van der Waals surface area (Å²) in [5.74, 6) is 6.42. The molecule has 39 heavy (non-hydrogen) atoms. The van der Waals surface area contributed by atoms with E-state index in [9.17, 15) is 18.4 Å². The van der Waals surface area contributed by atoms with E-state index in [0.29, 0.717) is 42.9 Å². The quantitative estimate of drug-likeness (QED) is 0.313. The van der Waals surface area contributed by atoms with Gasteiger partial charge in [-0.15, -0.1) is 0 Å². The Bertz CT molecular complexity index is 1220.